The second-order valence-corrected chi connectivity index (χ2v) is 5.44. The van der Waals surface area contributed by atoms with Crippen LogP contribution in [0.5, 0.6) is 5.75 Å². The van der Waals surface area contributed by atoms with Crippen LogP contribution in [0.2, 0.25) is 0 Å². The number of hydrogen-bond donors (Lipinski definition) is 1. The zero-order chi connectivity index (χ0) is 15.2. The largest absolute Gasteiger partial charge is 0.494 e. The van der Waals surface area contributed by atoms with Gasteiger partial charge in [-0.15, -0.1) is 0 Å². The molecule has 0 aliphatic rings. The van der Waals surface area contributed by atoms with E-state index < -0.39 is 0 Å². The highest BCUT2D eigenvalue weighted by molar-refractivity contribution is 9.10. The Kier molecular flexibility index (Phi) is 5.38. The van der Waals surface area contributed by atoms with Gasteiger partial charge < -0.3 is 10.1 Å². The monoisotopic (exact) mass is 351 g/mol. The number of carbonyl (C=O) groups is 1. The van der Waals surface area contributed by atoms with Crippen LogP contribution >= 0.6 is 15.9 Å². The highest BCUT2D eigenvalue weighted by Gasteiger charge is 2.06. The number of aryl methyl sites for hydroxylation is 2. The van der Waals surface area contributed by atoms with E-state index in [2.05, 4.69) is 26.3 Å². The predicted octanol–water partition coefficient (Wildman–Crippen LogP) is 3.38. The van der Waals surface area contributed by atoms with Gasteiger partial charge in [0.15, 0.2) is 0 Å². The fourth-order valence-corrected chi connectivity index (χ4v) is 2.16. The van der Waals surface area contributed by atoms with E-state index >= 15 is 0 Å². The molecule has 0 atom stereocenters. The molecule has 1 aromatic carbocycles. The van der Waals surface area contributed by atoms with E-state index in [-0.39, 0.29) is 5.91 Å². The Bertz CT molecular complexity index is 588. The number of ether oxygens (including phenoxy) is 1. The molecule has 1 amide bonds. The molecule has 1 aromatic heterocycles. The first-order valence-corrected chi connectivity index (χ1v) is 7.60. The SMILES string of the molecule is CCOc1ccc(NC(=O)CCn2cc(Br)c(C)n2)cc1. The summed E-state index contributed by atoms with van der Waals surface area (Å²) in [7, 11) is 0. The second-order valence-electron chi connectivity index (χ2n) is 4.58. The lowest BCUT2D eigenvalue weighted by molar-refractivity contribution is -0.116. The van der Waals surface area contributed by atoms with Gasteiger partial charge in [0.25, 0.3) is 0 Å². The van der Waals surface area contributed by atoms with Gasteiger partial charge in [0.05, 0.1) is 16.8 Å². The average Bonchev–Trinajstić information content (AvgIpc) is 2.78. The summed E-state index contributed by atoms with van der Waals surface area (Å²) in [5.41, 5.74) is 1.68. The Morgan fingerprint density at radius 1 is 1.38 bits per heavy atom. The highest BCUT2D eigenvalue weighted by atomic mass is 79.9. The maximum Gasteiger partial charge on any atom is 0.226 e. The van der Waals surface area contributed by atoms with Crippen LogP contribution in [0.15, 0.2) is 34.9 Å². The number of benzene rings is 1. The van der Waals surface area contributed by atoms with Crippen molar-refractivity contribution in [2.45, 2.75) is 26.8 Å². The smallest absolute Gasteiger partial charge is 0.226 e. The molecule has 6 heteroatoms. The number of nitrogens with zero attached hydrogens (tertiary/aromatic N) is 2. The zero-order valence-electron chi connectivity index (χ0n) is 12.1. The van der Waals surface area contributed by atoms with Gasteiger partial charge in [-0.05, 0) is 54.0 Å². The summed E-state index contributed by atoms with van der Waals surface area (Å²) in [6.45, 7) is 5.03. The minimum Gasteiger partial charge on any atom is -0.494 e. The molecule has 0 aliphatic heterocycles. The predicted molar refractivity (Wildman–Crippen MR) is 85.5 cm³/mol. The van der Waals surface area contributed by atoms with Crippen LogP contribution in [0.3, 0.4) is 0 Å². The fraction of sp³-hybridized carbons (Fsp3) is 0.333. The van der Waals surface area contributed by atoms with Crippen LogP contribution in [-0.2, 0) is 11.3 Å². The zero-order valence-corrected chi connectivity index (χ0v) is 13.7. The van der Waals surface area contributed by atoms with Crippen LogP contribution in [0.25, 0.3) is 0 Å². The Balaban J connectivity index is 1.83. The number of hydrogen-bond acceptors (Lipinski definition) is 3. The minimum absolute atomic E-state index is 0.0385. The third-order valence-corrected chi connectivity index (χ3v) is 3.68. The maximum atomic E-state index is 11.9. The molecular formula is C15H18BrN3O2. The van der Waals surface area contributed by atoms with Gasteiger partial charge in [0.2, 0.25) is 5.91 Å². The van der Waals surface area contributed by atoms with Gasteiger partial charge in [0, 0.05) is 24.8 Å². The molecule has 0 aliphatic carbocycles. The Morgan fingerprint density at radius 2 is 2.10 bits per heavy atom. The summed E-state index contributed by atoms with van der Waals surface area (Å²) in [6, 6.07) is 7.34. The van der Waals surface area contributed by atoms with Gasteiger partial charge in [0.1, 0.15) is 5.75 Å². The Hall–Kier alpha value is -1.82. The van der Waals surface area contributed by atoms with Crippen molar-refractivity contribution in [2.24, 2.45) is 0 Å². The van der Waals surface area contributed by atoms with Crippen LogP contribution in [0.4, 0.5) is 5.69 Å². The van der Waals surface area contributed by atoms with Gasteiger partial charge >= 0.3 is 0 Å². The van der Waals surface area contributed by atoms with Crippen molar-refractivity contribution < 1.29 is 9.53 Å². The number of rotatable bonds is 6. The molecule has 0 spiro atoms. The normalized spacial score (nSPS) is 10.4. The quantitative estimate of drug-likeness (QED) is 0.867. The standard InChI is InChI=1S/C15H18BrN3O2/c1-3-21-13-6-4-12(5-7-13)17-15(20)8-9-19-10-14(16)11(2)18-19/h4-7,10H,3,8-9H2,1-2H3,(H,17,20). The molecule has 2 rings (SSSR count). The summed E-state index contributed by atoms with van der Waals surface area (Å²) in [5.74, 6) is 0.760. The molecule has 1 N–H and O–H groups in total. The molecule has 5 nitrogen and oxygen atoms in total. The van der Waals surface area contributed by atoms with Crippen molar-refractivity contribution in [1.82, 2.24) is 9.78 Å². The molecular weight excluding hydrogens is 334 g/mol. The van der Waals surface area contributed by atoms with Crippen molar-refractivity contribution in [3.63, 3.8) is 0 Å². The number of amides is 1. The van der Waals surface area contributed by atoms with Crippen LogP contribution in [0, 0.1) is 6.92 Å². The van der Waals surface area contributed by atoms with E-state index in [1.54, 1.807) is 4.68 Å². The summed E-state index contributed by atoms with van der Waals surface area (Å²) < 4.78 is 8.07. The minimum atomic E-state index is -0.0385. The molecule has 0 saturated heterocycles. The van der Waals surface area contributed by atoms with Crippen LogP contribution in [0.1, 0.15) is 19.0 Å². The first kappa shape index (κ1) is 15.6. The summed E-state index contributed by atoms with van der Waals surface area (Å²) in [4.78, 5) is 11.9. The molecule has 0 unspecified atom stereocenters. The topological polar surface area (TPSA) is 56.1 Å². The third-order valence-electron chi connectivity index (χ3n) is 2.90. The fourth-order valence-electron chi connectivity index (χ4n) is 1.85. The highest BCUT2D eigenvalue weighted by Crippen LogP contribution is 2.16. The van der Waals surface area contributed by atoms with E-state index in [4.69, 9.17) is 4.74 Å². The maximum absolute atomic E-state index is 11.9. The van der Waals surface area contributed by atoms with E-state index in [1.807, 2.05) is 44.3 Å². The molecule has 0 bridgehead atoms. The molecule has 0 saturated carbocycles. The van der Waals surface area contributed by atoms with Crippen molar-refractivity contribution in [3.05, 3.63) is 40.6 Å². The molecule has 1 heterocycles. The summed E-state index contributed by atoms with van der Waals surface area (Å²) in [5, 5.41) is 7.15. The number of anilines is 1. The van der Waals surface area contributed by atoms with Gasteiger partial charge in [-0.25, -0.2) is 0 Å². The van der Waals surface area contributed by atoms with Crippen molar-refractivity contribution in [2.75, 3.05) is 11.9 Å². The van der Waals surface area contributed by atoms with Crippen molar-refractivity contribution in [1.29, 1.82) is 0 Å². The first-order chi connectivity index (χ1) is 10.1. The first-order valence-electron chi connectivity index (χ1n) is 6.80. The van der Waals surface area contributed by atoms with E-state index in [0.29, 0.717) is 19.6 Å². The second kappa shape index (κ2) is 7.26. The van der Waals surface area contributed by atoms with Gasteiger partial charge in [-0.2, -0.15) is 5.10 Å². The Morgan fingerprint density at radius 3 is 2.67 bits per heavy atom. The molecule has 112 valence electrons. The van der Waals surface area contributed by atoms with Crippen LogP contribution in [-0.4, -0.2) is 22.3 Å². The lowest BCUT2D eigenvalue weighted by Gasteiger charge is -2.07. The van der Waals surface area contributed by atoms with E-state index in [1.165, 1.54) is 0 Å². The number of nitrogens with one attached hydrogen (secondary N) is 1. The van der Waals surface area contributed by atoms with E-state index in [0.717, 1.165) is 21.6 Å². The van der Waals surface area contributed by atoms with E-state index in [9.17, 15) is 4.79 Å². The molecule has 0 radical (unpaired) electrons. The van der Waals surface area contributed by atoms with Crippen molar-refractivity contribution in [3.8, 4) is 5.75 Å². The molecule has 0 fully saturated rings. The van der Waals surface area contributed by atoms with Gasteiger partial charge in [-0.1, -0.05) is 0 Å². The summed E-state index contributed by atoms with van der Waals surface area (Å²) >= 11 is 3.40. The average molecular weight is 352 g/mol. The molecule has 2 aromatic rings. The summed E-state index contributed by atoms with van der Waals surface area (Å²) in [6.07, 6.45) is 2.25. The Labute approximate surface area is 132 Å². The third kappa shape index (κ3) is 4.60. The lowest BCUT2D eigenvalue weighted by atomic mass is 10.3. The number of carbonyl (C=O) groups excluding carboxylic acids is 1. The van der Waals surface area contributed by atoms with Crippen LogP contribution < -0.4 is 10.1 Å². The number of aromatic nitrogens is 2. The number of halogens is 1. The lowest BCUT2D eigenvalue weighted by Crippen LogP contribution is -2.14. The van der Waals surface area contributed by atoms with Crippen molar-refractivity contribution >= 4 is 27.5 Å². The van der Waals surface area contributed by atoms with Gasteiger partial charge in [-0.3, -0.25) is 9.48 Å². The molecule has 21 heavy (non-hydrogen) atoms.